The van der Waals surface area contributed by atoms with Crippen LogP contribution in [0, 0.1) is 0 Å². The first-order valence-corrected chi connectivity index (χ1v) is 7.33. The molecule has 0 heterocycles. The molecule has 0 unspecified atom stereocenters. The summed E-state index contributed by atoms with van der Waals surface area (Å²) in [5.41, 5.74) is -0.663. The summed E-state index contributed by atoms with van der Waals surface area (Å²) in [6.45, 7) is 0.804. The lowest BCUT2D eigenvalue weighted by atomic mass is 9.80. The molecule has 1 aliphatic rings. The average molecular weight is 298 g/mol. The fourth-order valence-electron chi connectivity index (χ4n) is 2.09. The van der Waals surface area contributed by atoms with Crippen molar-refractivity contribution in [3.05, 3.63) is 29.3 Å². The summed E-state index contributed by atoms with van der Waals surface area (Å²) in [4.78, 5) is 11.6. The molecule has 0 bridgehead atoms. The van der Waals surface area contributed by atoms with Crippen LogP contribution in [0.4, 0.5) is 0 Å². The predicted molar refractivity (Wildman–Crippen MR) is 78.0 cm³/mol. The highest BCUT2D eigenvalue weighted by atomic mass is 35.5. The molecule has 0 radical (unpaired) electrons. The number of carbonyl (C=O) groups excluding carboxylic acids is 1. The number of carbonyl (C=O) groups is 1. The van der Waals surface area contributed by atoms with Gasteiger partial charge in [-0.25, -0.2) is 0 Å². The van der Waals surface area contributed by atoms with Crippen LogP contribution in [0.15, 0.2) is 24.3 Å². The Bertz CT molecular complexity index is 460. The van der Waals surface area contributed by atoms with Gasteiger partial charge in [0.15, 0.2) is 0 Å². The van der Waals surface area contributed by atoms with Crippen molar-refractivity contribution in [1.29, 1.82) is 0 Å². The molecular formula is C15H20ClNO3. The van der Waals surface area contributed by atoms with Gasteiger partial charge in [-0.2, -0.15) is 0 Å². The van der Waals surface area contributed by atoms with E-state index in [1.165, 1.54) is 0 Å². The van der Waals surface area contributed by atoms with E-state index < -0.39 is 5.60 Å². The van der Waals surface area contributed by atoms with Gasteiger partial charge in [0.25, 0.3) is 0 Å². The third-order valence-corrected chi connectivity index (χ3v) is 3.85. The maximum atomic E-state index is 11.6. The fourth-order valence-corrected chi connectivity index (χ4v) is 2.28. The van der Waals surface area contributed by atoms with E-state index >= 15 is 0 Å². The molecule has 1 saturated carbocycles. The number of para-hydroxylation sites is 1. The number of aliphatic hydroxyl groups is 1. The lowest BCUT2D eigenvalue weighted by Gasteiger charge is -2.36. The molecule has 20 heavy (non-hydrogen) atoms. The first-order chi connectivity index (χ1) is 9.59. The smallest absolute Gasteiger partial charge is 0.220 e. The first kappa shape index (κ1) is 15.1. The molecule has 1 fully saturated rings. The zero-order valence-electron chi connectivity index (χ0n) is 11.4. The number of hydrogen-bond acceptors (Lipinski definition) is 3. The van der Waals surface area contributed by atoms with Crippen molar-refractivity contribution in [1.82, 2.24) is 5.32 Å². The monoisotopic (exact) mass is 297 g/mol. The molecule has 4 nitrogen and oxygen atoms in total. The summed E-state index contributed by atoms with van der Waals surface area (Å²) in [6.07, 6.45) is 3.61. The lowest BCUT2D eigenvalue weighted by Crippen LogP contribution is -2.47. The summed E-state index contributed by atoms with van der Waals surface area (Å²) in [6, 6.07) is 7.26. The van der Waals surface area contributed by atoms with Crippen LogP contribution in [-0.4, -0.2) is 29.8 Å². The molecule has 2 rings (SSSR count). The second kappa shape index (κ2) is 6.95. The summed E-state index contributed by atoms with van der Waals surface area (Å²) in [5, 5.41) is 13.2. The Morgan fingerprint density at radius 2 is 2.15 bits per heavy atom. The SMILES string of the molecule is O=C(CCCOc1ccccc1Cl)NCC1(O)CCC1. The van der Waals surface area contributed by atoms with Crippen LogP contribution >= 0.6 is 11.6 Å². The third-order valence-electron chi connectivity index (χ3n) is 3.54. The van der Waals surface area contributed by atoms with Gasteiger partial charge in [0.05, 0.1) is 17.2 Å². The zero-order valence-corrected chi connectivity index (χ0v) is 12.2. The Hall–Kier alpha value is -1.26. The van der Waals surface area contributed by atoms with Crippen LogP contribution in [0.1, 0.15) is 32.1 Å². The minimum absolute atomic E-state index is 0.0481. The van der Waals surface area contributed by atoms with Gasteiger partial charge in [0, 0.05) is 13.0 Å². The van der Waals surface area contributed by atoms with Crippen molar-refractivity contribution in [2.24, 2.45) is 0 Å². The maximum absolute atomic E-state index is 11.6. The van der Waals surface area contributed by atoms with Crippen LogP contribution < -0.4 is 10.1 Å². The topological polar surface area (TPSA) is 58.6 Å². The first-order valence-electron chi connectivity index (χ1n) is 6.95. The quantitative estimate of drug-likeness (QED) is 0.760. The number of halogens is 1. The molecule has 0 aromatic heterocycles. The molecule has 0 spiro atoms. The fraction of sp³-hybridized carbons (Fsp3) is 0.533. The second-order valence-corrected chi connectivity index (χ2v) is 5.64. The molecule has 2 N–H and O–H groups in total. The minimum Gasteiger partial charge on any atom is -0.492 e. The van der Waals surface area contributed by atoms with Crippen molar-refractivity contribution < 1.29 is 14.6 Å². The number of hydrogen-bond donors (Lipinski definition) is 2. The van der Waals surface area contributed by atoms with Gasteiger partial charge >= 0.3 is 0 Å². The molecular weight excluding hydrogens is 278 g/mol. The minimum atomic E-state index is -0.663. The van der Waals surface area contributed by atoms with E-state index in [9.17, 15) is 9.90 Å². The van der Waals surface area contributed by atoms with Gasteiger partial charge in [0.2, 0.25) is 5.91 Å². The van der Waals surface area contributed by atoms with Crippen molar-refractivity contribution in [3.63, 3.8) is 0 Å². The van der Waals surface area contributed by atoms with E-state index in [1.54, 1.807) is 12.1 Å². The Kier molecular flexibility index (Phi) is 5.26. The van der Waals surface area contributed by atoms with E-state index in [0.29, 0.717) is 36.8 Å². The Morgan fingerprint density at radius 3 is 2.80 bits per heavy atom. The summed E-state index contributed by atoms with van der Waals surface area (Å²) < 4.78 is 5.50. The molecule has 1 aromatic carbocycles. The second-order valence-electron chi connectivity index (χ2n) is 5.24. The van der Waals surface area contributed by atoms with E-state index in [2.05, 4.69) is 5.32 Å². The van der Waals surface area contributed by atoms with E-state index in [-0.39, 0.29) is 5.91 Å². The predicted octanol–water partition coefficient (Wildman–Crippen LogP) is 2.53. The highest BCUT2D eigenvalue weighted by Crippen LogP contribution is 2.30. The number of nitrogens with one attached hydrogen (secondary N) is 1. The van der Waals surface area contributed by atoms with Crippen LogP contribution in [0.25, 0.3) is 0 Å². The van der Waals surface area contributed by atoms with Gasteiger partial charge in [0.1, 0.15) is 5.75 Å². The van der Waals surface area contributed by atoms with Crippen molar-refractivity contribution in [3.8, 4) is 5.75 Å². The standard InChI is InChI=1S/C15H20ClNO3/c16-12-5-1-2-6-13(12)20-10-3-7-14(18)17-11-15(19)8-4-9-15/h1-2,5-6,19H,3-4,7-11H2,(H,17,18). The van der Waals surface area contributed by atoms with E-state index in [1.807, 2.05) is 12.1 Å². The molecule has 0 aliphatic heterocycles. The number of rotatable bonds is 7. The van der Waals surface area contributed by atoms with Crippen molar-refractivity contribution in [2.45, 2.75) is 37.7 Å². The van der Waals surface area contributed by atoms with E-state index in [4.69, 9.17) is 16.3 Å². The van der Waals surface area contributed by atoms with Gasteiger partial charge < -0.3 is 15.2 Å². The summed E-state index contributed by atoms with van der Waals surface area (Å²) in [7, 11) is 0. The van der Waals surface area contributed by atoms with Gasteiger partial charge in [-0.3, -0.25) is 4.79 Å². The van der Waals surface area contributed by atoms with Gasteiger partial charge in [-0.15, -0.1) is 0 Å². The number of benzene rings is 1. The lowest BCUT2D eigenvalue weighted by molar-refractivity contribution is -0.123. The molecule has 5 heteroatoms. The summed E-state index contributed by atoms with van der Waals surface area (Å²) >= 11 is 5.96. The van der Waals surface area contributed by atoms with Crippen molar-refractivity contribution >= 4 is 17.5 Å². The maximum Gasteiger partial charge on any atom is 0.220 e. The largest absolute Gasteiger partial charge is 0.492 e. The van der Waals surface area contributed by atoms with Gasteiger partial charge in [-0.05, 0) is 37.8 Å². The summed E-state index contributed by atoms with van der Waals surface area (Å²) in [5.74, 6) is 0.589. The van der Waals surface area contributed by atoms with Crippen LogP contribution in [0.5, 0.6) is 5.75 Å². The normalized spacial score (nSPS) is 16.3. The van der Waals surface area contributed by atoms with Crippen molar-refractivity contribution in [2.75, 3.05) is 13.2 Å². The third kappa shape index (κ3) is 4.39. The molecule has 0 atom stereocenters. The Labute approximate surface area is 124 Å². The highest BCUT2D eigenvalue weighted by Gasteiger charge is 2.34. The van der Waals surface area contributed by atoms with Crippen LogP contribution in [0.2, 0.25) is 5.02 Å². The zero-order chi connectivity index (χ0) is 14.4. The molecule has 110 valence electrons. The number of amides is 1. The molecule has 0 saturated heterocycles. The van der Waals surface area contributed by atoms with E-state index in [0.717, 1.165) is 19.3 Å². The Morgan fingerprint density at radius 1 is 1.40 bits per heavy atom. The van der Waals surface area contributed by atoms with Gasteiger partial charge in [-0.1, -0.05) is 23.7 Å². The molecule has 1 amide bonds. The van der Waals surface area contributed by atoms with Crippen LogP contribution in [-0.2, 0) is 4.79 Å². The van der Waals surface area contributed by atoms with Crippen LogP contribution in [0.3, 0.4) is 0 Å². The molecule has 1 aliphatic carbocycles. The molecule has 1 aromatic rings. The average Bonchev–Trinajstić information content (AvgIpc) is 2.41. The number of ether oxygens (including phenoxy) is 1. The Balaban J connectivity index is 1.58. The highest BCUT2D eigenvalue weighted by molar-refractivity contribution is 6.32.